The molecule has 0 aliphatic rings. The number of nitrogens with one attached hydrogen (secondary N) is 1. The minimum absolute atomic E-state index is 0.0739. The third-order valence-electron chi connectivity index (χ3n) is 1.39. The van der Waals surface area contributed by atoms with Crippen molar-refractivity contribution in [3.63, 3.8) is 0 Å². The van der Waals surface area contributed by atoms with Crippen LogP contribution in [0.1, 0.15) is 12.5 Å². The number of carbonyl (C=O) groups excluding carboxylic acids is 1. The van der Waals surface area contributed by atoms with Crippen LogP contribution in [0, 0.1) is 11.8 Å². The van der Waals surface area contributed by atoms with Crippen LogP contribution in [0.25, 0.3) is 0 Å². The fraction of sp³-hybridized carbons (Fsp3) is 0.200. The molecule has 1 aromatic rings. The number of amides is 1. The van der Waals surface area contributed by atoms with Crippen LogP contribution in [0.5, 0.6) is 0 Å². The van der Waals surface area contributed by atoms with Crippen molar-refractivity contribution >= 4 is 21.8 Å². The summed E-state index contributed by atoms with van der Waals surface area (Å²) in [5.74, 6) is 5.66. The molecule has 14 heavy (non-hydrogen) atoms. The molecule has 1 aromatic heterocycles. The Kier molecular flexibility index (Phi) is 4.14. The zero-order chi connectivity index (χ0) is 10.4. The van der Waals surface area contributed by atoms with Gasteiger partial charge in [-0.15, -0.1) is 0 Å². The summed E-state index contributed by atoms with van der Waals surface area (Å²) in [5, 5.41) is 2.59. The normalized spacial score (nSPS) is 8.71. The second-order valence-electron chi connectivity index (χ2n) is 2.58. The van der Waals surface area contributed by atoms with E-state index in [2.05, 4.69) is 38.1 Å². The lowest BCUT2D eigenvalue weighted by atomic mass is 10.3. The van der Waals surface area contributed by atoms with Gasteiger partial charge in [0.05, 0.1) is 6.54 Å². The number of rotatable bonds is 1. The largest absolute Gasteiger partial charge is 0.345 e. The summed E-state index contributed by atoms with van der Waals surface area (Å²) in [4.78, 5) is 14.5. The maximum atomic E-state index is 10.5. The van der Waals surface area contributed by atoms with Crippen molar-refractivity contribution in [2.75, 3.05) is 6.54 Å². The summed E-state index contributed by atoms with van der Waals surface area (Å²) < 4.78 is 0.754. The van der Waals surface area contributed by atoms with Crippen LogP contribution in [0.3, 0.4) is 0 Å². The summed E-state index contributed by atoms with van der Waals surface area (Å²) >= 11 is 3.25. The molecule has 72 valence electrons. The Morgan fingerprint density at radius 1 is 1.71 bits per heavy atom. The second-order valence-corrected chi connectivity index (χ2v) is 3.39. The second kappa shape index (κ2) is 5.40. The number of pyridine rings is 1. The highest BCUT2D eigenvalue weighted by molar-refractivity contribution is 9.10. The van der Waals surface area contributed by atoms with Gasteiger partial charge in [-0.2, -0.15) is 0 Å². The molecule has 0 bridgehead atoms. The van der Waals surface area contributed by atoms with Gasteiger partial charge in [0, 0.05) is 18.7 Å². The van der Waals surface area contributed by atoms with Gasteiger partial charge in [0.25, 0.3) is 0 Å². The summed E-state index contributed by atoms with van der Waals surface area (Å²) in [6.07, 6.45) is 1.67. The molecule has 1 heterocycles. The first kappa shape index (κ1) is 10.7. The fourth-order valence-electron chi connectivity index (χ4n) is 0.795. The van der Waals surface area contributed by atoms with E-state index in [1.807, 2.05) is 12.1 Å². The van der Waals surface area contributed by atoms with Gasteiger partial charge in [-0.05, 0) is 28.1 Å². The molecule has 0 unspecified atom stereocenters. The molecule has 3 nitrogen and oxygen atoms in total. The van der Waals surface area contributed by atoms with Crippen LogP contribution >= 0.6 is 15.9 Å². The summed E-state index contributed by atoms with van der Waals surface area (Å²) in [6.45, 7) is 1.83. The van der Waals surface area contributed by atoms with Crippen LogP contribution < -0.4 is 5.32 Å². The van der Waals surface area contributed by atoms with E-state index in [0.29, 0.717) is 6.54 Å². The molecular weight excluding hydrogens is 244 g/mol. The first-order valence-electron chi connectivity index (χ1n) is 4.03. The standard InChI is InChI=1S/C10H9BrN2O/c1-8(14)12-5-2-3-9-4-6-13-10(11)7-9/h4,6-7H,5H2,1H3,(H,12,14). The van der Waals surface area contributed by atoms with E-state index >= 15 is 0 Å². The van der Waals surface area contributed by atoms with Gasteiger partial charge in [0.2, 0.25) is 5.91 Å². The lowest BCUT2D eigenvalue weighted by molar-refractivity contribution is -0.118. The van der Waals surface area contributed by atoms with Gasteiger partial charge >= 0.3 is 0 Å². The summed E-state index contributed by atoms with van der Waals surface area (Å²) in [6, 6.07) is 3.63. The Hall–Kier alpha value is -1.34. The zero-order valence-corrected chi connectivity index (χ0v) is 9.26. The van der Waals surface area contributed by atoms with Crippen molar-refractivity contribution in [1.29, 1.82) is 0 Å². The molecule has 0 atom stereocenters. The number of aromatic nitrogens is 1. The summed E-state index contributed by atoms with van der Waals surface area (Å²) in [5.41, 5.74) is 0.872. The molecule has 1 rings (SSSR count). The van der Waals surface area contributed by atoms with E-state index < -0.39 is 0 Å². The van der Waals surface area contributed by atoms with Crippen LogP contribution in [-0.4, -0.2) is 17.4 Å². The van der Waals surface area contributed by atoms with E-state index in [1.165, 1.54) is 6.92 Å². The third kappa shape index (κ3) is 4.06. The first-order valence-corrected chi connectivity index (χ1v) is 4.82. The van der Waals surface area contributed by atoms with Crippen LogP contribution in [0.15, 0.2) is 22.9 Å². The smallest absolute Gasteiger partial charge is 0.217 e. The minimum Gasteiger partial charge on any atom is -0.345 e. The molecule has 0 spiro atoms. The van der Waals surface area contributed by atoms with Crippen molar-refractivity contribution < 1.29 is 4.79 Å². The van der Waals surface area contributed by atoms with Crippen LogP contribution in [0.4, 0.5) is 0 Å². The van der Waals surface area contributed by atoms with Crippen molar-refractivity contribution in [3.05, 3.63) is 28.5 Å². The first-order chi connectivity index (χ1) is 6.68. The Labute approximate surface area is 91.1 Å². The maximum Gasteiger partial charge on any atom is 0.217 e. The highest BCUT2D eigenvalue weighted by atomic mass is 79.9. The quantitative estimate of drug-likeness (QED) is 0.606. The fourth-order valence-corrected chi connectivity index (χ4v) is 1.16. The number of carbonyl (C=O) groups is 1. The Morgan fingerprint density at radius 3 is 3.14 bits per heavy atom. The highest BCUT2D eigenvalue weighted by Gasteiger charge is 1.89. The molecule has 0 aromatic carbocycles. The number of hydrogen-bond donors (Lipinski definition) is 1. The molecular formula is C10H9BrN2O. The molecule has 0 aliphatic heterocycles. The average molecular weight is 253 g/mol. The molecule has 0 aliphatic carbocycles. The Bertz CT molecular complexity index is 393. The topological polar surface area (TPSA) is 42.0 Å². The molecule has 0 radical (unpaired) electrons. The SMILES string of the molecule is CC(=O)NCC#Cc1ccnc(Br)c1. The third-order valence-corrected chi connectivity index (χ3v) is 1.82. The molecule has 4 heteroatoms. The maximum absolute atomic E-state index is 10.5. The van der Waals surface area contributed by atoms with Crippen molar-refractivity contribution in [2.45, 2.75) is 6.92 Å². The minimum atomic E-state index is -0.0739. The van der Waals surface area contributed by atoms with E-state index in [1.54, 1.807) is 6.20 Å². The van der Waals surface area contributed by atoms with E-state index in [-0.39, 0.29) is 5.91 Å². The van der Waals surface area contributed by atoms with E-state index in [4.69, 9.17) is 0 Å². The number of hydrogen-bond acceptors (Lipinski definition) is 2. The Morgan fingerprint density at radius 2 is 2.50 bits per heavy atom. The van der Waals surface area contributed by atoms with Crippen molar-refractivity contribution in [3.8, 4) is 11.8 Å². The lowest BCUT2D eigenvalue weighted by Crippen LogP contribution is -2.19. The van der Waals surface area contributed by atoms with Gasteiger partial charge < -0.3 is 5.32 Å². The van der Waals surface area contributed by atoms with Gasteiger partial charge in [-0.1, -0.05) is 11.8 Å². The predicted molar refractivity (Wildman–Crippen MR) is 57.5 cm³/mol. The van der Waals surface area contributed by atoms with Gasteiger partial charge in [0.1, 0.15) is 4.60 Å². The molecule has 0 saturated carbocycles. The predicted octanol–water partition coefficient (Wildman–Crippen LogP) is 1.33. The number of nitrogens with zero attached hydrogens (tertiary/aromatic N) is 1. The van der Waals surface area contributed by atoms with Crippen LogP contribution in [0.2, 0.25) is 0 Å². The van der Waals surface area contributed by atoms with E-state index in [0.717, 1.165) is 10.2 Å². The molecule has 1 amide bonds. The lowest BCUT2D eigenvalue weighted by Gasteiger charge is -1.92. The van der Waals surface area contributed by atoms with Crippen molar-refractivity contribution in [1.82, 2.24) is 10.3 Å². The monoisotopic (exact) mass is 252 g/mol. The zero-order valence-electron chi connectivity index (χ0n) is 7.67. The Balaban J connectivity index is 2.55. The molecule has 0 saturated heterocycles. The van der Waals surface area contributed by atoms with E-state index in [9.17, 15) is 4.79 Å². The number of halogens is 1. The summed E-state index contributed by atoms with van der Waals surface area (Å²) in [7, 11) is 0. The van der Waals surface area contributed by atoms with Crippen molar-refractivity contribution in [2.24, 2.45) is 0 Å². The van der Waals surface area contributed by atoms with Gasteiger partial charge in [-0.25, -0.2) is 4.98 Å². The average Bonchev–Trinajstić information content (AvgIpc) is 2.12. The van der Waals surface area contributed by atoms with Gasteiger partial charge in [-0.3, -0.25) is 4.79 Å². The highest BCUT2D eigenvalue weighted by Crippen LogP contribution is 2.06. The molecule has 0 fully saturated rings. The van der Waals surface area contributed by atoms with Crippen LogP contribution in [-0.2, 0) is 4.79 Å². The van der Waals surface area contributed by atoms with Gasteiger partial charge in [0.15, 0.2) is 0 Å². The molecule has 1 N–H and O–H groups in total.